The molecule has 1 N–H and O–H groups in total. The van der Waals surface area contributed by atoms with E-state index >= 15 is 0 Å². The molecule has 0 radical (unpaired) electrons. The lowest BCUT2D eigenvalue weighted by Gasteiger charge is -2.11. The van der Waals surface area contributed by atoms with E-state index in [9.17, 15) is 4.79 Å². The van der Waals surface area contributed by atoms with E-state index in [2.05, 4.69) is 10.4 Å². The first-order chi connectivity index (χ1) is 11.3. The van der Waals surface area contributed by atoms with E-state index in [4.69, 9.17) is 4.74 Å². The van der Waals surface area contributed by atoms with Crippen molar-refractivity contribution in [1.82, 2.24) is 9.78 Å². The van der Waals surface area contributed by atoms with Gasteiger partial charge < -0.3 is 10.1 Å². The highest BCUT2D eigenvalue weighted by molar-refractivity contribution is 5.95. The summed E-state index contributed by atoms with van der Waals surface area (Å²) in [6, 6.07) is 15.7. The first-order valence-electron chi connectivity index (χ1n) is 7.47. The number of nitrogens with one attached hydrogen (secondary N) is 1. The van der Waals surface area contributed by atoms with Gasteiger partial charge in [-0.1, -0.05) is 30.3 Å². The second-order valence-electron chi connectivity index (χ2n) is 5.34. The summed E-state index contributed by atoms with van der Waals surface area (Å²) in [4.78, 5) is 11.7. The zero-order valence-electron chi connectivity index (χ0n) is 12.4. The molecule has 1 amide bonds. The van der Waals surface area contributed by atoms with E-state index < -0.39 is 0 Å². The predicted molar refractivity (Wildman–Crippen MR) is 87.7 cm³/mol. The highest BCUT2D eigenvalue weighted by Crippen LogP contribution is 2.37. The average Bonchev–Trinajstić information content (AvgIpc) is 2.98. The van der Waals surface area contributed by atoms with Crippen molar-refractivity contribution in [2.75, 3.05) is 11.9 Å². The molecular weight excluding hydrogens is 290 g/mol. The van der Waals surface area contributed by atoms with Crippen molar-refractivity contribution in [2.24, 2.45) is 0 Å². The molecule has 0 saturated carbocycles. The van der Waals surface area contributed by atoms with Gasteiger partial charge in [0.15, 0.2) is 5.75 Å². The Balaban J connectivity index is 1.76. The Morgan fingerprint density at radius 1 is 1.09 bits per heavy atom. The van der Waals surface area contributed by atoms with Crippen LogP contribution in [0.3, 0.4) is 0 Å². The van der Waals surface area contributed by atoms with Crippen molar-refractivity contribution in [2.45, 2.75) is 6.42 Å². The van der Waals surface area contributed by atoms with Crippen LogP contribution in [0.2, 0.25) is 0 Å². The van der Waals surface area contributed by atoms with E-state index in [0.717, 1.165) is 16.8 Å². The van der Waals surface area contributed by atoms with Gasteiger partial charge in [0.1, 0.15) is 0 Å². The zero-order valence-corrected chi connectivity index (χ0v) is 12.4. The summed E-state index contributed by atoms with van der Waals surface area (Å²) in [5, 5.41) is 7.30. The number of para-hydroxylation sites is 2. The Kier molecular flexibility index (Phi) is 3.31. The van der Waals surface area contributed by atoms with Gasteiger partial charge in [0.2, 0.25) is 5.91 Å². The number of hydrogen-bond donors (Lipinski definition) is 1. The summed E-state index contributed by atoms with van der Waals surface area (Å²) in [7, 11) is 0. The molecule has 0 atom stereocenters. The van der Waals surface area contributed by atoms with Crippen molar-refractivity contribution in [1.29, 1.82) is 0 Å². The van der Waals surface area contributed by atoms with E-state index in [1.54, 1.807) is 6.20 Å². The number of nitrogens with zero attached hydrogens (tertiary/aromatic N) is 2. The Hall–Kier alpha value is -3.08. The molecule has 4 rings (SSSR count). The van der Waals surface area contributed by atoms with Gasteiger partial charge in [-0.2, -0.15) is 5.10 Å². The van der Waals surface area contributed by atoms with E-state index in [-0.39, 0.29) is 5.91 Å². The average molecular weight is 305 g/mol. The van der Waals surface area contributed by atoms with Crippen molar-refractivity contribution >= 4 is 11.6 Å². The fourth-order valence-corrected chi connectivity index (χ4v) is 2.66. The molecule has 1 aliphatic rings. The normalized spacial score (nSPS) is 13.7. The second-order valence-corrected chi connectivity index (χ2v) is 5.34. The Labute approximate surface area is 133 Å². The van der Waals surface area contributed by atoms with Gasteiger partial charge in [-0.05, 0) is 18.2 Å². The quantitative estimate of drug-likeness (QED) is 0.790. The number of benzene rings is 2. The summed E-state index contributed by atoms with van der Waals surface area (Å²) >= 11 is 0. The van der Waals surface area contributed by atoms with Gasteiger partial charge in [-0.15, -0.1) is 0 Å². The number of hydrogen-bond acceptors (Lipinski definition) is 3. The molecule has 1 aliphatic heterocycles. The number of carbonyl (C=O) groups excluding carboxylic acids is 1. The van der Waals surface area contributed by atoms with Crippen LogP contribution < -0.4 is 10.1 Å². The fourth-order valence-electron chi connectivity index (χ4n) is 2.66. The minimum atomic E-state index is -0.0270. The van der Waals surface area contributed by atoms with Crippen LogP contribution >= 0.6 is 0 Å². The molecule has 5 nitrogen and oxygen atoms in total. The summed E-state index contributed by atoms with van der Waals surface area (Å²) in [6.07, 6.45) is 4.12. The predicted octanol–water partition coefficient (Wildman–Crippen LogP) is 3.26. The third-order valence-electron chi connectivity index (χ3n) is 3.78. The van der Waals surface area contributed by atoms with Crippen LogP contribution in [0.25, 0.3) is 16.8 Å². The molecule has 1 aromatic heterocycles. The van der Waals surface area contributed by atoms with Crippen molar-refractivity contribution in [3.63, 3.8) is 0 Å². The standard InChI is InChI=1S/C18H15N3O2/c22-17-9-10-23-18-15(7-4-8-16(18)20-17)13-11-19-21(12-13)14-5-2-1-3-6-14/h1-8,11-12H,9-10H2,(H,20,22). The molecule has 3 aromatic rings. The van der Waals surface area contributed by atoms with E-state index in [1.165, 1.54) is 0 Å². The van der Waals surface area contributed by atoms with Gasteiger partial charge in [0, 0.05) is 17.3 Å². The molecule has 0 bridgehead atoms. The van der Waals surface area contributed by atoms with Crippen LogP contribution in [0.15, 0.2) is 60.9 Å². The van der Waals surface area contributed by atoms with Crippen LogP contribution in [0, 0.1) is 0 Å². The van der Waals surface area contributed by atoms with Crippen molar-refractivity contribution in [3.05, 3.63) is 60.9 Å². The number of anilines is 1. The number of amides is 1. The first kappa shape index (κ1) is 13.6. The summed E-state index contributed by atoms with van der Waals surface area (Å²) in [5.41, 5.74) is 3.57. The maximum atomic E-state index is 11.7. The molecule has 0 unspecified atom stereocenters. The van der Waals surface area contributed by atoms with Gasteiger partial charge in [-0.25, -0.2) is 4.68 Å². The monoisotopic (exact) mass is 305 g/mol. The van der Waals surface area contributed by atoms with E-state index in [0.29, 0.717) is 24.5 Å². The Bertz CT molecular complexity index is 856. The van der Waals surface area contributed by atoms with E-state index in [1.807, 2.05) is 59.4 Å². The lowest BCUT2D eigenvalue weighted by molar-refractivity contribution is -0.116. The summed E-state index contributed by atoms with van der Waals surface area (Å²) < 4.78 is 7.62. The number of aromatic nitrogens is 2. The van der Waals surface area contributed by atoms with Crippen LogP contribution in [0.5, 0.6) is 5.75 Å². The summed E-state index contributed by atoms with van der Waals surface area (Å²) in [5.74, 6) is 0.673. The molecule has 114 valence electrons. The molecule has 5 heteroatoms. The maximum absolute atomic E-state index is 11.7. The largest absolute Gasteiger partial charge is 0.490 e. The van der Waals surface area contributed by atoms with Crippen LogP contribution in [0.1, 0.15) is 6.42 Å². The van der Waals surface area contributed by atoms with Gasteiger partial charge >= 0.3 is 0 Å². The molecular formula is C18H15N3O2. The van der Waals surface area contributed by atoms with Crippen molar-refractivity contribution in [3.8, 4) is 22.6 Å². The molecule has 2 aromatic carbocycles. The molecule has 0 aliphatic carbocycles. The topological polar surface area (TPSA) is 56.1 Å². The van der Waals surface area contributed by atoms with Gasteiger partial charge in [0.05, 0.1) is 30.6 Å². The number of rotatable bonds is 2. The third kappa shape index (κ3) is 2.57. The zero-order chi connectivity index (χ0) is 15.6. The second kappa shape index (κ2) is 5.61. The molecule has 0 saturated heterocycles. The number of ether oxygens (including phenoxy) is 1. The third-order valence-corrected chi connectivity index (χ3v) is 3.78. The number of carbonyl (C=O) groups is 1. The Morgan fingerprint density at radius 3 is 2.83 bits per heavy atom. The fraction of sp³-hybridized carbons (Fsp3) is 0.111. The lowest BCUT2D eigenvalue weighted by Crippen LogP contribution is -2.10. The molecule has 2 heterocycles. The number of fused-ring (bicyclic) bond motifs is 1. The van der Waals surface area contributed by atoms with Crippen molar-refractivity contribution < 1.29 is 9.53 Å². The summed E-state index contributed by atoms with van der Waals surface area (Å²) in [6.45, 7) is 0.378. The minimum Gasteiger partial charge on any atom is -0.490 e. The smallest absolute Gasteiger partial charge is 0.227 e. The first-order valence-corrected chi connectivity index (χ1v) is 7.47. The highest BCUT2D eigenvalue weighted by atomic mass is 16.5. The SMILES string of the molecule is O=C1CCOc2c(cccc2-c2cnn(-c3ccccc3)c2)N1. The van der Waals surface area contributed by atoms with Crippen LogP contribution in [-0.2, 0) is 4.79 Å². The molecule has 23 heavy (non-hydrogen) atoms. The lowest BCUT2D eigenvalue weighted by atomic mass is 10.1. The molecule has 0 fully saturated rings. The van der Waals surface area contributed by atoms with Gasteiger partial charge in [-0.3, -0.25) is 4.79 Å². The highest BCUT2D eigenvalue weighted by Gasteiger charge is 2.18. The van der Waals surface area contributed by atoms with Gasteiger partial charge in [0.25, 0.3) is 0 Å². The van der Waals surface area contributed by atoms with Crippen LogP contribution in [0.4, 0.5) is 5.69 Å². The minimum absolute atomic E-state index is 0.0270. The Morgan fingerprint density at radius 2 is 1.96 bits per heavy atom. The van der Waals surface area contributed by atoms with Crippen LogP contribution in [-0.4, -0.2) is 22.3 Å². The maximum Gasteiger partial charge on any atom is 0.227 e. The molecule has 0 spiro atoms.